The molecule has 6 heteroatoms. The van der Waals surface area contributed by atoms with Crippen molar-refractivity contribution in [3.8, 4) is 0 Å². The first kappa shape index (κ1) is 13.6. The van der Waals surface area contributed by atoms with Crippen molar-refractivity contribution in [2.75, 3.05) is 13.6 Å². The van der Waals surface area contributed by atoms with Crippen LogP contribution in [0, 0.1) is 0 Å². The standard InChI is InChI=1S/C11H21N5O/c1-5-11(2,3)15(4)10(17)9-8-16(7-6-12)14-13-9/h8H,5-7,12H2,1-4H3. The van der Waals surface area contributed by atoms with Gasteiger partial charge in [0.2, 0.25) is 0 Å². The molecular formula is C11H21N5O. The van der Waals surface area contributed by atoms with E-state index < -0.39 is 0 Å². The average molecular weight is 239 g/mol. The maximum Gasteiger partial charge on any atom is 0.276 e. The van der Waals surface area contributed by atoms with Crippen LogP contribution in [0.3, 0.4) is 0 Å². The summed E-state index contributed by atoms with van der Waals surface area (Å²) in [7, 11) is 1.79. The first-order valence-electron chi connectivity index (χ1n) is 5.80. The summed E-state index contributed by atoms with van der Waals surface area (Å²) in [5.41, 5.74) is 5.59. The summed E-state index contributed by atoms with van der Waals surface area (Å²) in [5.74, 6) is -0.111. The Kier molecular flexibility index (Phi) is 4.22. The topological polar surface area (TPSA) is 77.0 Å². The lowest BCUT2D eigenvalue weighted by Crippen LogP contribution is -2.44. The van der Waals surface area contributed by atoms with Gasteiger partial charge in [-0.15, -0.1) is 5.10 Å². The minimum atomic E-state index is -0.186. The third-order valence-electron chi connectivity index (χ3n) is 3.19. The molecule has 0 radical (unpaired) electrons. The molecule has 0 fully saturated rings. The number of carbonyl (C=O) groups is 1. The monoisotopic (exact) mass is 239 g/mol. The van der Waals surface area contributed by atoms with Crippen LogP contribution in [0.2, 0.25) is 0 Å². The molecule has 0 aliphatic carbocycles. The van der Waals surface area contributed by atoms with Crippen molar-refractivity contribution in [2.24, 2.45) is 5.73 Å². The Balaban J connectivity index is 2.81. The van der Waals surface area contributed by atoms with Gasteiger partial charge in [0, 0.05) is 19.1 Å². The zero-order chi connectivity index (χ0) is 13.1. The molecule has 1 rings (SSSR count). The van der Waals surface area contributed by atoms with E-state index in [1.54, 1.807) is 22.8 Å². The highest BCUT2D eigenvalue weighted by Gasteiger charge is 2.27. The van der Waals surface area contributed by atoms with Gasteiger partial charge in [-0.25, -0.2) is 0 Å². The van der Waals surface area contributed by atoms with Crippen molar-refractivity contribution >= 4 is 5.91 Å². The Morgan fingerprint density at radius 3 is 2.76 bits per heavy atom. The van der Waals surface area contributed by atoms with E-state index in [9.17, 15) is 4.79 Å². The molecule has 1 aromatic heterocycles. The molecule has 0 aliphatic rings. The average Bonchev–Trinajstić information content (AvgIpc) is 2.76. The van der Waals surface area contributed by atoms with Crippen LogP contribution in [0.4, 0.5) is 0 Å². The second-order valence-corrected chi connectivity index (χ2v) is 4.69. The number of nitrogens with zero attached hydrogens (tertiary/aromatic N) is 4. The number of carbonyl (C=O) groups excluding carboxylic acids is 1. The fraction of sp³-hybridized carbons (Fsp3) is 0.727. The maximum absolute atomic E-state index is 12.1. The Morgan fingerprint density at radius 1 is 1.59 bits per heavy atom. The highest BCUT2D eigenvalue weighted by molar-refractivity contribution is 5.92. The van der Waals surface area contributed by atoms with Crippen LogP contribution in [-0.2, 0) is 6.54 Å². The summed E-state index contributed by atoms with van der Waals surface area (Å²) in [6.45, 7) is 7.15. The Hall–Kier alpha value is -1.43. The number of hydrogen-bond acceptors (Lipinski definition) is 4. The van der Waals surface area contributed by atoms with Gasteiger partial charge in [-0.05, 0) is 20.3 Å². The van der Waals surface area contributed by atoms with Crippen LogP contribution in [0.5, 0.6) is 0 Å². The fourth-order valence-electron chi connectivity index (χ4n) is 1.32. The molecule has 0 aliphatic heterocycles. The molecule has 2 N–H and O–H groups in total. The smallest absolute Gasteiger partial charge is 0.276 e. The number of aromatic nitrogens is 3. The molecule has 0 saturated carbocycles. The van der Waals surface area contributed by atoms with Crippen molar-refractivity contribution in [2.45, 2.75) is 39.3 Å². The van der Waals surface area contributed by atoms with Gasteiger partial charge in [0.15, 0.2) is 5.69 Å². The van der Waals surface area contributed by atoms with E-state index in [4.69, 9.17) is 5.73 Å². The van der Waals surface area contributed by atoms with E-state index in [1.807, 2.05) is 13.8 Å². The number of nitrogens with two attached hydrogens (primary N) is 1. The molecule has 0 atom stereocenters. The van der Waals surface area contributed by atoms with Gasteiger partial charge < -0.3 is 10.6 Å². The first-order chi connectivity index (χ1) is 7.92. The molecule has 17 heavy (non-hydrogen) atoms. The summed E-state index contributed by atoms with van der Waals surface area (Å²) >= 11 is 0. The van der Waals surface area contributed by atoms with Crippen molar-refractivity contribution in [1.82, 2.24) is 19.9 Å². The van der Waals surface area contributed by atoms with Gasteiger partial charge in [-0.3, -0.25) is 9.48 Å². The van der Waals surface area contributed by atoms with Crippen molar-refractivity contribution in [3.05, 3.63) is 11.9 Å². The zero-order valence-electron chi connectivity index (χ0n) is 11.0. The van der Waals surface area contributed by atoms with Crippen LogP contribution >= 0.6 is 0 Å². The van der Waals surface area contributed by atoms with E-state index >= 15 is 0 Å². The van der Waals surface area contributed by atoms with Crippen molar-refractivity contribution in [1.29, 1.82) is 0 Å². The third-order valence-corrected chi connectivity index (χ3v) is 3.19. The Labute approximate surface area is 102 Å². The molecule has 0 unspecified atom stereocenters. The largest absolute Gasteiger partial charge is 0.335 e. The SMILES string of the molecule is CCC(C)(C)N(C)C(=O)c1cn(CCN)nn1. The molecule has 0 aromatic carbocycles. The molecule has 0 saturated heterocycles. The predicted octanol–water partition coefficient (Wildman–Crippen LogP) is 0.497. The molecule has 96 valence electrons. The van der Waals surface area contributed by atoms with Crippen LogP contribution in [0.25, 0.3) is 0 Å². The molecule has 1 amide bonds. The highest BCUT2D eigenvalue weighted by Crippen LogP contribution is 2.18. The quantitative estimate of drug-likeness (QED) is 0.811. The summed E-state index contributed by atoms with van der Waals surface area (Å²) < 4.78 is 1.58. The summed E-state index contributed by atoms with van der Waals surface area (Å²) in [6, 6.07) is 0. The third kappa shape index (κ3) is 3.03. The number of hydrogen-bond donors (Lipinski definition) is 1. The van der Waals surface area contributed by atoms with Crippen LogP contribution < -0.4 is 5.73 Å². The van der Waals surface area contributed by atoms with Gasteiger partial charge in [0.05, 0.1) is 12.7 Å². The molecule has 6 nitrogen and oxygen atoms in total. The van der Waals surface area contributed by atoms with E-state index in [0.717, 1.165) is 6.42 Å². The lowest BCUT2D eigenvalue weighted by atomic mass is 10.00. The normalized spacial score (nSPS) is 11.6. The summed E-state index contributed by atoms with van der Waals surface area (Å²) in [6.07, 6.45) is 2.52. The second-order valence-electron chi connectivity index (χ2n) is 4.69. The molecule has 1 aromatic rings. The van der Waals surface area contributed by atoms with Crippen molar-refractivity contribution < 1.29 is 4.79 Å². The lowest BCUT2D eigenvalue weighted by molar-refractivity contribution is 0.0614. The van der Waals surface area contributed by atoms with Crippen molar-refractivity contribution in [3.63, 3.8) is 0 Å². The fourth-order valence-corrected chi connectivity index (χ4v) is 1.32. The van der Waals surface area contributed by atoms with Crippen LogP contribution in [0.15, 0.2) is 6.20 Å². The molecule has 0 bridgehead atoms. The van der Waals surface area contributed by atoms with Gasteiger partial charge >= 0.3 is 0 Å². The second kappa shape index (κ2) is 5.27. The lowest BCUT2D eigenvalue weighted by Gasteiger charge is -2.34. The predicted molar refractivity (Wildman–Crippen MR) is 65.5 cm³/mol. The summed E-state index contributed by atoms with van der Waals surface area (Å²) in [5, 5.41) is 7.73. The minimum absolute atomic E-state index is 0.111. The van der Waals surface area contributed by atoms with E-state index in [0.29, 0.717) is 18.8 Å². The molecule has 1 heterocycles. The number of amides is 1. The van der Waals surface area contributed by atoms with Gasteiger partial charge in [-0.2, -0.15) is 0 Å². The van der Waals surface area contributed by atoms with Gasteiger partial charge in [0.1, 0.15) is 0 Å². The van der Waals surface area contributed by atoms with Crippen LogP contribution in [-0.4, -0.2) is 44.9 Å². The Bertz CT molecular complexity index is 385. The van der Waals surface area contributed by atoms with E-state index in [-0.39, 0.29) is 11.4 Å². The Morgan fingerprint density at radius 2 is 2.24 bits per heavy atom. The molecular weight excluding hydrogens is 218 g/mol. The first-order valence-corrected chi connectivity index (χ1v) is 5.80. The maximum atomic E-state index is 12.1. The van der Waals surface area contributed by atoms with Gasteiger partial charge in [0.25, 0.3) is 5.91 Å². The number of rotatable bonds is 5. The van der Waals surface area contributed by atoms with E-state index in [2.05, 4.69) is 17.2 Å². The zero-order valence-corrected chi connectivity index (χ0v) is 11.0. The highest BCUT2D eigenvalue weighted by atomic mass is 16.2. The van der Waals surface area contributed by atoms with Gasteiger partial charge in [-0.1, -0.05) is 12.1 Å². The molecule has 0 spiro atoms. The summed E-state index contributed by atoms with van der Waals surface area (Å²) in [4.78, 5) is 13.8. The van der Waals surface area contributed by atoms with E-state index in [1.165, 1.54) is 0 Å². The minimum Gasteiger partial charge on any atom is -0.335 e. The van der Waals surface area contributed by atoms with Crippen LogP contribution in [0.1, 0.15) is 37.7 Å².